The van der Waals surface area contributed by atoms with E-state index in [0.29, 0.717) is 34.4 Å². The van der Waals surface area contributed by atoms with Gasteiger partial charge in [-0.25, -0.2) is 9.36 Å². The quantitative estimate of drug-likeness (QED) is 0.232. The highest BCUT2D eigenvalue weighted by molar-refractivity contribution is 6.74. The highest BCUT2D eigenvalue weighted by Gasteiger charge is 2.53. The molecule has 0 unspecified atom stereocenters. The number of aromatic nitrogens is 2. The molecule has 6 heteroatoms. The average molecular weight is 645 g/mol. The molecule has 0 saturated heterocycles. The van der Waals surface area contributed by atoms with Gasteiger partial charge in [0.25, 0.3) is 11.1 Å². The van der Waals surface area contributed by atoms with Crippen LogP contribution in [0.4, 0.5) is 0 Å². The van der Waals surface area contributed by atoms with E-state index in [2.05, 4.69) is 80.6 Å². The molecule has 0 amide bonds. The smallest absolute Gasteiger partial charge is 0.273 e. The predicted octanol–water partition coefficient (Wildman–Crippen LogP) is 9.83. The Morgan fingerprint density at radius 2 is 1.65 bits per heavy atom. The van der Waals surface area contributed by atoms with Gasteiger partial charge in [0.05, 0.1) is 22.9 Å². The van der Waals surface area contributed by atoms with E-state index in [1.54, 1.807) is 11.1 Å². The van der Waals surface area contributed by atoms with E-state index in [4.69, 9.17) is 4.43 Å². The molecule has 0 spiro atoms. The van der Waals surface area contributed by atoms with E-state index >= 15 is 0 Å². The third-order valence-corrected chi connectivity index (χ3v) is 18.0. The van der Waals surface area contributed by atoms with Crippen LogP contribution in [0.3, 0.4) is 0 Å². The van der Waals surface area contributed by atoms with Crippen molar-refractivity contribution >= 4 is 19.1 Å². The van der Waals surface area contributed by atoms with Crippen molar-refractivity contribution < 1.29 is 4.43 Å². The SMILES string of the molecule is C/C(=C\C(C)C)[C@H](C)[C@@H]1CC[C@@H]2/C(=C/[C@@H]3[C@@H]4C[C@H](O[Si](C)(C)C(C)(C)C)CC[C@@H]4n4c(=O)c5ccccc5c(=O)n43)CCC[C@]21C. The Morgan fingerprint density at radius 1 is 1.00 bits per heavy atom. The Morgan fingerprint density at radius 3 is 2.28 bits per heavy atom. The minimum Gasteiger partial charge on any atom is -0.414 e. The first-order chi connectivity index (χ1) is 21.5. The fourth-order valence-electron chi connectivity index (χ4n) is 10.1. The summed E-state index contributed by atoms with van der Waals surface area (Å²) in [6.45, 7) is 23.6. The lowest BCUT2D eigenvalue weighted by atomic mass is 9.60. The average Bonchev–Trinajstić information content (AvgIpc) is 3.49. The summed E-state index contributed by atoms with van der Waals surface area (Å²) in [5.41, 5.74) is 3.33. The number of fused-ring (bicyclic) bond motifs is 5. The summed E-state index contributed by atoms with van der Waals surface area (Å²) in [7, 11) is -1.96. The fraction of sp³-hybridized carbons (Fsp3) is 0.700. The molecule has 1 aromatic carbocycles. The zero-order chi connectivity index (χ0) is 33.3. The third kappa shape index (κ3) is 5.57. The Kier molecular flexibility index (Phi) is 8.83. The Bertz CT molecular complexity index is 1650. The fourth-order valence-corrected chi connectivity index (χ4v) is 11.5. The second-order valence-electron chi connectivity index (χ2n) is 17.7. The zero-order valence-corrected chi connectivity index (χ0v) is 31.4. The summed E-state index contributed by atoms with van der Waals surface area (Å²) < 4.78 is 10.8. The van der Waals surface area contributed by atoms with E-state index < -0.39 is 8.32 Å². The Labute approximate surface area is 278 Å². The molecular formula is C40H60N2O3Si. The van der Waals surface area contributed by atoms with Crippen molar-refractivity contribution in [1.82, 2.24) is 9.36 Å². The van der Waals surface area contributed by atoms with Crippen molar-refractivity contribution in [3.8, 4) is 0 Å². The van der Waals surface area contributed by atoms with Gasteiger partial charge >= 0.3 is 0 Å². The minimum absolute atomic E-state index is 0.00878. The first-order valence-corrected chi connectivity index (χ1v) is 21.3. The molecule has 6 rings (SSSR count). The van der Waals surface area contributed by atoms with Crippen LogP contribution >= 0.6 is 0 Å². The van der Waals surface area contributed by atoms with Crippen LogP contribution in [0, 0.1) is 35.0 Å². The van der Waals surface area contributed by atoms with Gasteiger partial charge in [-0.2, -0.15) is 0 Å². The van der Waals surface area contributed by atoms with Crippen molar-refractivity contribution in [2.75, 3.05) is 0 Å². The Balaban J connectivity index is 1.42. The first kappa shape index (κ1) is 33.7. The van der Waals surface area contributed by atoms with Crippen LogP contribution in [0.25, 0.3) is 10.8 Å². The molecule has 0 bridgehead atoms. The molecule has 2 heterocycles. The van der Waals surface area contributed by atoms with Crippen LogP contribution in [-0.4, -0.2) is 23.8 Å². The molecule has 2 aromatic rings. The summed E-state index contributed by atoms with van der Waals surface area (Å²) in [5.74, 6) is 2.54. The van der Waals surface area contributed by atoms with Gasteiger partial charge in [0.2, 0.25) is 0 Å². The van der Waals surface area contributed by atoms with Gasteiger partial charge in [-0.05, 0) is 118 Å². The van der Waals surface area contributed by atoms with Gasteiger partial charge in [-0.3, -0.25) is 9.59 Å². The van der Waals surface area contributed by atoms with Gasteiger partial charge in [0.15, 0.2) is 8.32 Å². The van der Waals surface area contributed by atoms with Gasteiger partial charge in [0.1, 0.15) is 0 Å². The van der Waals surface area contributed by atoms with E-state index in [9.17, 15) is 9.59 Å². The number of hydrogen-bond donors (Lipinski definition) is 0. The molecule has 1 aromatic heterocycles. The lowest BCUT2D eigenvalue weighted by molar-refractivity contribution is 0.0850. The third-order valence-electron chi connectivity index (χ3n) is 13.5. The topological polar surface area (TPSA) is 53.2 Å². The van der Waals surface area contributed by atoms with Gasteiger partial charge in [-0.15, -0.1) is 0 Å². The van der Waals surface area contributed by atoms with Crippen molar-refractivity contribution in [2.45, 2.75) is 143 Å². The molecule has 0 radical (unpaired) electrons. The summed E-state index contributed by atoms with van der Waals surface area (Å²) in [6.07, 6.45) is 13.9. The number of allylic oxidation sites excluding steroid dienone is 4. The molecule has 3 fully saturated rings. The number of rotatable bonds is 6. The molecule has 3 aliphatic carbocycles. The minimum atomic E-state index is -1.96. The van der Waals surface area contributed by atoms with Crippen molar-refractivity contribution in [2.24, 2.45) is 35.0 Å². The molecular weight excluding hydrogens is 585 g/mol. The second kappa shape index (κ2) is 12.1. The lowest BCUT2D eigenvalue weighted by Gasteiger charge is -2.45. The van der Waals surface area contributed by atoms with Crippen molar-refractivity contribution in [3.63, 3.8) is 0 Å². The number of hydrogen-bond acceptors (Lipinski definition) is 3. The molecule has 4 aliphatic rings. The van der Waals surface area contributed by atoms with E-state index in [0.717, 1.165) is 25.7 Å². The summed E-state index contributed by atoms with van der Waals surface area (Å²) in [6, 6.07) is 7.37. The molecule has 46 heavy (non-hydrogen) atoms. The highest BCUT2D eigenvalue weighted by Crippen LogP contribution is 2.61. The maximum atomic E-state index is 14.3. The number of benzene rings is 1. The van der Waals surface area contributed by atoms with Gasteiger partial charge in [0, 0.05) is 12.0 Å². The summed E-state index contributed by atoms with van der Waals surface area (Å²) in [4.78, 5) is 28.5. The van der Waals surface area contributed by atoms with Crippen LogP contribution in [0.1, 0.15) is 119 Å². The van der Waals surface area contributed by atoms with Crippen LogP contribution in [0.5, 0.6) is 0 Å². The highest BCUT2D eigenvalue weighted by atomic mass is 28.4. The van der Waals surface area contributed by atoms with E-state index in [1.807, 2.05) is 33.6 Å². The first-order valence-electron chi connectivity index (χ1n) is 18.4. The monoisotopic (exact) mass is 644 g/mol. The summed E-state index contributed by atoms with van der Waals surface area (Å²) in [5, 5.41) is 1.25. The van der Waals surface area contributed by atoms with Crippen LogP contribution < -0.4 is 11.1 Å². The normalized spacial score (nSPS) is 33.4. The van der Waals surface area contributed by atoms with Crippen molar-refractivity contribution in [1.29, 1.82) is 0 Å². The standard InChI is InChI=1S/C40H60N2O3Si/c1-25(2)22-26(3)27(4)33-18-19-34-28(14-13-21-40(33,34)8)23-36-32-24-29(45-46(9,10)39(5,6)7)17-20-35(32)41-37(43)30-15-11-12-16-31(30)38(44)42(36)41/h11-12,15-16,22-23,25,27,29,32-36H,13-14,17-21,24H2,1-10H3/b26-22+,28-23+/t27-,29+,32+,33-,34+,35-,36+,40-/m0/s1. The maximum Gasteiger partial charge on any atom is 0.273 e. The molecule has 0 N–H and O–H groups in total. The van der Waals surface area contributed by atoms with E-state index in [-0.39, 0.29) is 45.7 Å². The molecule has 5 nitrogen and oxygen atoms in total. The zero-order valence-electron chi connectivity index (χ0n) is 30.4. The van der Waals surface area contributed by atoms with E-state index in [1.165, 1.54) is 25.7 Å². The number of nitrogens with zero attached hydrogens (tertiary/aromatic N) is 2. The van der Waals surface area contributed by atoms with Crippen LogP contribution in [0.15, 0.2) is 57.2 Å². The predicted molar refractivity (Wildman–Crippen MR) is 194 cm³/mol. The van der Waals surface area contributed by atoms with Crippen LogP contribution in [-0.2, 0) is 4.43 Å². The maximum absolute atomic E-state index is 14.3. The van der Waals surface area contributed by atoms with Gasteiger partial charge in [-0.1, -0.05) is 83.9 Å². The summed E-state index contributed by atoms with van der Waals surface area (Å²) >= 11 is 0. The van der Waals surface area contributed by atoms with Gasteiger partial charge < -0.3 is 4.43 Å². The second-order valence-corrected chi connectivity index (χ2v) is 22.4. The largest absolute Gasteiger partial charge is 0.414 e. The lowest BCUT2D eigenvalue weighted by Crippen LogP contribution is -2.46. The van der Waals surface area contributed by atoms with Crippen molar-refractivity contribution in [3.05, 3.63) is 68.3 Å². The molecule has 8 atom stereocenters. The molecule has 252 valence electrons. The molecule has 3 saturated carbocycles. The van der Waals surface area contributed by atoms with Crippen LogP contribution in [0.2, 0.25) is 18.1 Å². The molecule has 1 aliphatic heterocycles. The Hall–Kier alpha value is -2.18.